The lowest BCUT2D eigenvalue weighted by Crippen LogP contribution is -2.33. The van der Waals surface area contributed by atoms with Gasteiger partial charge < -0.3 is 4.74 Å². The number of Topliss-reactive ketones (excluding diaryl/α,β-unsaturated/α-hetero) is 1. The zero-order valence-corrected chi connectivity index (χ0v) is 6.93. The molecule has 1 aliphatic heterocycles. The van der Waals surface area contributed by atoms with Gasteiger partial charge in [-0.15, -0.1) is 6.58 Å². The average molecular weight is 154 g/mol. The molecule has 1 unspecified atom stereocenters. The number of allylic oxidation sites excluding steroid dienone is 1. The molecule has 1 fully saturated rings. The van der Waals surface area contributed by atoms with E-state index in [1.54, 1.807) is 6.08 Å². The van der Waals surface area contributed by atoms with Gasteiger partial charge in [0.05, 0.1) is 0 Å². The van der Waals surface area contributed by atoms with Crippen LogP contribution in [0.5, 0.6) is 0 Å². The highest BCUT2D eigenvalue weighted by Gasteiger charge is 2.36. The van der Waals surface area contributed by atoms with Crippen LogP contribution < -0.4 is 0 Å². The zero-order chi connectivity index (χ0) is 8.32. The van der Waals surface area contributed by atoms with Gasteiger partial charge in [-0.3, -0.25) is 4.79 Å². The topological polar surface area (TPSA) is 26.3 Å². The van der Waals surface area contributed by atoms with E-state index in [0.29, 0.717) is 6.42 Å². The fourth-order valence-corrected chi connectivity index (χ4v) is 1.35. The summed E-state index contributed by atoms with van der Waals surface area (Å²) in [6.07, 6.45) is 3.92. The number of ether oxygens (including phenoxy) is 1. The summed E-state index contributed by atoms with van der Waals surface area (Å²) in [4.78, 5) is 11.4. The van der Waals surface area contributed by atoms with E-state index in [1.807, 2.05) is 6.92 Å². The van der Waals surface area contributed by atoms with Gasteiger partial charge >= 0.3 is 0 Å². The summed E-state index contributed by atoms with van der Waals surface area (Å²) in [5.41, 5.74) is -0.506. The normalized spacial score (nSPS) is 30.3. The molecular weight excluding hydrogens is 140 g/mol. The Balaban J connectivity index is 2.55. The molecule has 1 atom stereocenters. The molecule has 1 rings (SSSR count). The molecule has 1 saturated heterocycles. The maximum Gasteiger partial charge on any atom is 0.168 e. The van der Waals surface area contributed by atoms with E-state index in [2.05, 4.69) is 6.58 Å². The highest BCUT2D eigenvalue weighted by atomic mass is 16.5. The maximum atomic E-state index is 11.4. The van der Waals surface area contributed by atoms with E-state index in [4.69, 9.17) is 4.74 Å². The molecule has 2 nitrogen and oxygen atoms in total. The van der Waals surface area contributed by atoms with Gasteiger partial charge in [-0.25, -0.2) is 0 Å². The number of carbonyl (C=O) groups is 1. The van der Waals surface area contributed by atoms with Crippen LogP contribution in [0.3, 0.4) is 0 Å². The molecule has 0 aromatic rings. The van der Waals surface area contributed by atoms with E-state index >= 15 is 0 Å². The third kappa shape index (κ3) is 1.69. The van der Waals surface area contributed by atoms with E-state index < -0.39 is 5.60 Å². The first-order chi connectivity index (χ1) is 5.19. The maximum absolute atomic E-state index is 11.4. The minimum Gasteiger partial charge on any atom is -0.367 e. The van der Waals surface area contributed by atoms with Crippen LogP contribution in [0.4, 0.5) is 0 Å². The van der Waals surface area contributed by atoms with Crippen molar-refractivity contribution in [3.8, 4) is 0 Å². The molecule has 0 aliphatic carbocycles. The second kappa shape index (κ2) is 3.18. The molecule has 0 aromatic carbocycles. The summed E-state index contributed by atoms with van der Waals surface area (Å²) in [5.74, 6) is 0.157. The van der Waals surface area contributed by atoms with Gasteiger partial charge in [0.25, 0.3) is 0 Å². The highest BCUT2D eigenvalue weighted by molar-refractivity contribution is 5.88. The summed E-state index contributed by atoms with van der Waals surface area (Å²) >= 11 is 0. The minimum atomic E-state index is -0.506. The van der Waals surface area contributed by atoms with Crippen LogP contribution in [-0.2, 0) is 9.53 Å². The number of hydrogen-bond donors (Lipinski definition) is 0. The molecular formula is C9H14O2. The van der Waals surface area contributed by atoms with Crippen LogP contribution in [-0.4, -0.2) is 18.0 Å². The molecule has 0 amide bonds. The Morgan fingerprint density at radius 3 is 3.00 bits per heavy atom. The smallest absolute Gasteiger partial charge is 0.168 e. The van der Waals surface area contributed by atoms with Gasteiger partial charge in [0.2, 0.25) is 0 Å². The van der Waals surface area contributed by atoms with Crippen LogP contribution in [0.1, 0.15) is 26.2 Å². The van der Waals surface area contributed by atoms with Crippen molar-refractivity contribution in [2.24, 2.45) is 0 Å². The number of ketones is 1. The van der Waals surface area contributed by atoms with E-state index in [9.17, 15) is 4.79 Å². The SMILES string of the molecule is C=CCC(=O)C1(C)CCCO1. The first-order valence-electron chi connectivity index (χ1n) is 3.97. The number of rotatable bonds is 3. The summed E-state index contributed by atoms with van der Waals surface area (Å²) < 4.78 is 5.36. The summed E-state index contributed by atoms with van der Waals surface area (Å²) in [6, 6.07) is 0. The molecule has 2 heteroatoms. The van der Waals surface area contributed by atoms with Gasteiger partial charge in [-0.2, -0.15) is 0 Å². The molecule has 0 N–H and O–H groups in total. The van der Waals surface area contributed by atoms with Crippen molar-refractivity contribution >= 4 is 5.78 Å². The van der Waals surface area contributed by atoms with E-state index in [-0.39, 0.29) is 5.78 Å². The first kappa shape index (κ1) is 8.47. The van der Waals surface area contributed by atoms with Crippen LogP contribution >= 0.6 is 0 Å². The number of carbonyl (C=O) groups excluding carboxylic acids is 1. The van der Waals surface area contributed by atoms with E-state index in [0.717, 1.165) is 19.4 Å². The monoisotopic (exact) mass is 154 g/mol. The molecule has 0 saturated carbocycles. The second-order valence-electron chi connectivity index (χ2n) is 3.10. The third-order valence-electron chi connectivity index (χ3n) is 2.14. The van der Waals surface area contributed by atoms with Crippen LogP contribution in [0.25, 0.3) is 0 Å². The molecule has 62 valence electrons. The number of hydrogen-bond acceptors (Lipinski definition) is 2. The Kier molecular flexibility index (Phi) is 2.45. The first-order valence-corrected chi connectivity index (χ1v) is 3.97. The summed E-state index contributed by atoms with van der Waals surface area (Å²) in [6.45, 7) is 6.12. The van der Waals surface area contributed by atoms with Crippen molar-refractivity contribution in [3.05, 3.63) is 12.7 Å². The Labute approximate surface area is 67.2 Å². The van der Waals surface area contributed by atoms with E-state index in [1.165, 1.54) is 0 Å². The Morgan fingerprint density at radius 1 is 1.82 bits per heavy atom. The standard InChI is InChI=1S/C9H14O2/c1-3-5-8(10)9(2)6-4-7-11-9/h3H,1,4-7H2,2H3. The summed E-state index contributed by atoms with van der Waals surface area (Å²) in [7, 11) is 0. The lowest BCUT2D eigenvalue weighted by molar-refractivity contribution is -0.136. The molecule has 0 bridgehead atoms. The summed E-state index contributed by atoms with van der Waals surface area (Å²) in [5, 5.41) is 0. The minimum absolute atomic E-state index is 0.157. The van der Waals surface area contributed by atoms with Gasteiger partial charge in [0.1, 0.15) is 5.60 Å². The largest absolute Gasteiger partial charge is 0.367 e. The van der Waals surface area contributed by atoms with Crippen molar-refractivity contribution in [2.45, 2.75) is 31.8 Å². The molecule has 11 heavy (non-hydrogen) atoms. The zero-order valence-electron chi connectivity index (χ0n) is 6.93. The average Bonchev–Trinajstić information content (AvgIpc) is 2.38. The van der Waals surface area contributed by atoms with Crippen molar-refractivity contribution in [3.63, 3.8) is 0 Å². The van der Waals surface area contributed by atoms with Gasteiger partial charge in [-0.05, 0) is 19.8 Å². The molecule has 1 aliphatic rings. The molecule has 0 aromatic heterocycles. The van der Waals surface area contributed by atoms with Crippen molar-refractivity contribution in [2.75, 3.05) is 6.61 Å². The van der Waals surface area contributed by atoms with Crippen molar-refractivity contribution in [1.29, 1.82) is 0 Å². The Hall–Kier alpha value is -0.630. The van der Waals surface area contributed by atoms with Gasteiger partial charge in [0, 0.05) is 13.0 Å². The Bertz CT molecular complexity index is 166. The quantitative estimate of drug-likeness (QED) is 0.578. The van der Waals surface area contributed by atoms with Crippen LogP contribution in [0, 0.1) is 0 Å². The van der Waals surface area contributed by atoms with Crippen LogP contribution in [0.15, 0.2) is 12.7 Å². The lowest BCUT2D eigenvalue weighted by Gasteiger charge is -2.20. The van der Waals surface area contributed by atoms with Crippen molar-refractivity contribution in [1.82, 2.24) is 0 Å². The Morgan fingerprint density at radius 2 is 2.55 bits per heavy atom. The molecule has 1 heterocycles. The van der Waals surface area contributed by atoms with Gasteiger partial charge in [0.15, 0.2) is 5.78 Å². The van der Waals surface area contributed by atoms with Crippen LogP contribution in [0.2, 0.25) is 0 Å². The van der Waals surface area contributed by atoms with Crippen molar-refractivity contribution < 1.29 is 9.53 Å². The molecule has 0 spiro atoms. The predicted molar refractivity (Wildman–Crippen MR) is 43.4 cm³/mol. The second-order valence-corrected chi connectivity index (χ2v) is 3.10. The predicted octanol–water partition coefficient (Wildman–Crippen LogP) is 1.70. The van der Waals surface area contributed by atoms with Gasteiger partial charge in [-0.1, -0.05) is 6.08 Å². The fourth-order valence-electron chi connectivity index (χ4n) is 1.35. The molecule has 0 radical (unpaired) electrons. The highest BCUT2D eigenvalue weighted by Crippen LogP contribution is 2.26. The fraction of sp³-hybridized carbons (Fsp3) is 0.667. The third-order valence-corrected chi connectivity index (χ3v) is 2.14. The lowest BCUT2D eigenvalue weighted by atomic mass is 9.95.